The third kappa shape index (κ3) is 5.06. The maximum atomic E-state index is 13.4. The van der Waals surface area contributed by atoms with Crippen molar-refractivity contribution in [1.82, 2.24) is 30.1 Å². The molecule has 1 saturated heterocycles. The second-order valence-electron chi connectivity index (χ2n) is 9.10. The van der Waals surface area contributed by atoms with Crippen LogP contribution < -0.4 is 10.5 Å². The van der Waals surface area contributed by atoms with Gasteiger partial charge in [-0.05, 0) is 52.6 Å². The fourth-order valence-corrected chi connectivity index (χ4v) is 4.80. The van der Waals surface area contributed by atoms with Crippen LogP contribution in [0.25, 0.3) is 10.9 Å². The van der Waals surface area contributed by atoms with E-state index in [2.05, 4.69) is 30.3 Å². The van der Waals surface area contributed by atoms with E-state index in [-0.39, 0.29) is 11.2 Å². The molecule has 0 aliphatic carbocycles. The number of aromatic nitrogens is 5. The molecular formula is C25H28N8O4. The van der Waals surface area contributed by atoms with Gasteiger partial charge in [0.25, 0.3) is 11.2 Å². The average molecular weight is 505 g/mol. The largest absolute Gasteiger partial charge is 0.383 e. The number of tetrazole rings is 1. The predicted molar refractivity (Wildman–Crippen MR) is 138 cm³/mol. The lowest BCUT2D eigenvalue weighted by molar-refractivity contribution is -0.384. The Morgan fingerprint density at radius 1 is 1.11 bits per heavy atom. The van der Waals surface area contributed by atoms with Crippen LogP contribution in [0.2, 0.25) is 0 Å². The van der Waals surface area contributed by atoms with Gasteiger partial charge in [-0.15, -0.1) is 5.10 Å². The molecule has 0 bridgehead atoms. The van der Waals surface area contributed by atoms with Gasteiger partial charge in [0.2, 0.25) is 0 Å². The van der Waals surface area contributed by atoms with Crippen LogP contribution in [0.1, 0.15) is 23.0 Å². The lowest BCUT2D eigenvalue weighted by Gasteiger charge is -2.39. The molecule has 4 aromatic rings. The van der Waals surface area contributed by atoms with Gasteiger partial charge >= 0.3 is 0 Å². The third-order valence-electron chi connectivity index (χ3n) is 6.74. The Balaban J connectivity index is 1.47. The van der Waals surface area contributed by atoms with Gasteiger partial charge in [-0.3, -0.25) is 19.8 Å². The Hall–Kier alpha value is -4.16. The van der Waals surface area contributed by atoms with Gasteiger partial charge in [0, 0.05) is 62.2 Å². The summed E-state index contributed by atoms with van der Waals surface area (Å²) in [5, 5.41) is 24.3. The Kier molecular flexibility index (Phi) is 6.93. The number of hydrogen-bond donors (Lipinski definition) is 1. The number of nitro benzene ring substituents is 1. The highest BCUT2D eigenvalue weighted by Gasteiger charge is 2.32. The van der Waals surface area contributed by atoms with Crippen LogP contribution in [0, 0.1) is 17.0 Å². The lowest BCUT2D eigenvalue weighted by atomic mass is 10.0. The highest BCUT2D eigenvalue weighted by molar-refractivity contribution is 5.79. The molecule has 0 amide bonds. The molecule has 37 heavy (non-hydrogen) atoms. The molecule has 3 heterocycles. The van der Waals surface area contributed by atoms with E-state index in [4.69, 9.17) is 4.74 Å². The van der Waals surface area contributed by atoms with Crippen molar-refractivity contribution in [3.63, 3.8) is 0 Å². The summed E-state index contributed by atoms with van der Waals surface area (Å²) >= 11 is 0. The number of ether oxygens (including phenoxy) is 1. The average Bonchev–Trinajstić information content (AvgIpc) is 3.36. The van der Waals surface area contributed by atoms with Crippen molar-refractivity contribution in [3.05, 3.63) is 86.0 Å². The van der Waals surface area contributed by atoms with Crippen LogP contribution in [0.3, 0.4) is 0 Å². The molecule has 12 heteroatoms. The molecule has 0 spiro atoms. The quantitative estimate of drug-likeness (QED) is 0.283. The minimum absolute atomic E-state index is 0.0658. The van der Waals surface area contributed by atoms with Crippen molar-refractivity contribution < 1.29 is 9.66 Å². The van der Waals surface area contributed by atoms with Gasteiger partial charge in [0.05, 0.1) is 18.1 Å². The number of piperazine rings is 1. The Morgan fingerprint density at radius 3 is 2.57 bits per heavy atom. The summed E-state index contributed by atoms with van der Waals surface area (Å²) in [5.41, 5.74) is 3.24. The summed E-state index contributed by atoms with van der Waals surface area (Å²) in [6, 6.07) is 14.0. The van der Waals surface area contributed by atoms with E-state index >= 15 is 0 Å². The lowest BCUT2D eigenvalue weighted by Crippen LogP contribution is -2.49. The van der Waals surface area contributed by atoms with E-state index in [1.165, 1.54) is 12.1 Å². The van der Waals surface area contributed by atoms with Crippen molar-refractivity contribution in [2.45, 2.75) is 19.5 Å². The van der Waals surface area contributed by atoms with Gasteiger partial charge in [-0.2, -0.15) is 0 Å². The zero-order chi connectivity index (χ0) is 25.9. The predicted octanol–water partition coefficient (Wildman–Crippen LogP) is 2.29. The summed E-state index contributed by atoms with van der Waals surface area (Å²) in [6.45, 7) is 5.53. The van der Waals surface area contributed by atoms with E-state index in [0.29, 0.717) is 50.7 Å². The number of H-pyrrole nitrogens is 1. The molecule has 5 rings (SSSR count). The highest BCUT2D eigenvalue weighted by Crippen LogP contribution is 2.29. The third-order valence-corrected chi connectivity index (χ3v) is 6.74. The SMILES string of the molecule is COCCn1nnnc1[C@H](c1cc2ccc(C)cc2[nH]c1=O)N1CCN(c2ccc([N+](=O)[O-])cc2)CC1. The fraction of sp³-hybridized carbons (Fsp3) is 0.360. The topological polar surface area (TPSA) is 135 Å². The van der Waals surface area contributed by atoms with Crippen molar-refractivity contribution in [1.29, 1.82) is 0 Å². The van der Waals surface area contributed by atoms with E-state index in [9.17, 15) is 14.9 Å². The van der Waals surface area contributed by atoms with Crippen LogP contribution in [-0.2, 0) is 11.3 Å². The summed E-state index contributed by atoms with van der Waals surface area (Å²) in [7, 11) is 1.62. The normalized spacial score (nSPS) is 15.2. The van der Waals surface area contributed by atoms with Crippen molar-refractivity contribution >= 4 is 22.3 Å². The monoisotopic (exact) mass is 504 g/mol. The number of hydrogen-bond acceptors (Lipinski definition) is 9. The zero-order valence-corrected chi connectivity index (χ0v) is 20.7. The number of methoxy groups -OCH3 is 1. The van der Waals surface area contributed by atoms with Crippen LogP contribution in [0.15, 0.2) is 53.3 Å². The fourth-order valence-electron chi connectivity index (χ4n) is 4.80. The Bertz CT molecular complexity index is 1460. The molecule has 1 aliphatic heterocycles. The molecule has 2 aromatic carbocycles. The van der Waals surface area contributed by atoms with Crippen molar-refractivity contribution in [2.24, 2.45) is 0 Å². The Morgan fingerprint density at radius 2 is 1.86 bits per heavy atom. The first-order valence-corrected chi connectivity index (χ1v) is 12.1. The van der Waals surface area contributed by atoms with Gasteiger partial charge in [-0.25, -0.2) is 4.68 Å². The number of aryl methyl sites for hydroxylation is 1. The van der Waals surface area contributed by atoms with E-state index in [0.717, 1.165) is 22.2 Å². The number of nitrogens with one attached hydrogen (secondary N) is 1. The number of rotatable bonds is 8. The molecule has 12 nitrogen and oxygen atoms in total. The number of non-ortho nitro benzene ring substituents is 1. The maximum absolute atomic E-state index is 13.4. The van der Waals surface area contributed by atoms with Crippen LogP contribution >= 0.6 is 0 Å². The van der Waals surface area contributed by atoms with E-state index in [1.54, 1.807) is 23.9 Å². The summed E-state index contributed by atoms with van der Waals surface area (Å²) in [5.74, 6) is 0.581. The van der Waals surface area contributed by atoms with Crippen molar-refractivity contribution in [3.8, 4) is 0 Å². The molecule has 1 aliphatic rings. The maximum Gasteiger partial charge on any atom is 0.269 e. The van der Waals surface area contributed by atoms with Gasteiger partial charge in [-0.1, -0.05) is 12.1 Å². The zero-order valence-electron chi connectivity index (χ0n) is 20.7. The summed E-state index contributed by atoms with van der Waals surface area (Å²) in [4.78, 5) is 31.4. The molecule has 192 valence electrons. The molecule has 1 fully saturated rings. The second kappa shape index (κ2) is 10.4. The van der Waals surface area contributed by atoms with E-state index in [1.807, 2.05) is 31.2 Å². The minimum atomic E-state index is -0.458. The number of aromatic amines is 1. The number of nitro groups is 1. The number of anilines is 1. The first-order valence-electron chi connectivity index (χ1n) is 12.1. The molecule has 0 radical (unpaired) electrons. The van der Waals surface area contributed by atoms with Crippen LogP contribution in [-0.4, -0.2) is 74.9 Å². The molecular weight excluding hydrogens is 476 g/mol. The van der Waals surface area contributed by atoms with Gasteiger partial charge in [0.1, 0.15) is 6.04 Å². The Labute approximate surface area is 212 Å². The summed E-state index contributed by atoms with van der Waals surface area (Å²) < 4.78 is 6.92. The molecule has 0 unspecified atom stereocenters. The molecule has 1 N–H and O–H groups in total. The van der Waals surface area contributed by atoms with Gasteiger partial charge < -0.3 is 14.6 Å². The minimum Gasteiger partial charge on any atom is -0.383 e. The van der Waals surface area contributed by atoms with Crippen LogP contribution in [0.5, 0.6) is 0 Å². The first kappa shape index (κ1) is 24.5. The second-order valence-corrected chi connectivity index (χ2v) is 9.10. The molecule has 0 saturated carbocycles. The highest BCUT2D eigenvalue weighted by atomic mass is 16.6. The summed E-state index contributed by atoms with van der Waals surface area (Å²) in [6.07, 6.45) is 0. The number of pyridine rings is 1. The van der Waals surface area contributed by atoms with Crippen molar-refractivity contribution in [2.75, 3.05) is 44.8 Å². The smallest absolute Gasteiger partial charge is 0.269 e. The number of nitrogens with zero attached hydrogens (tertiary/aromatic N) is 7. The number of benzene rings is 2. The number of fused-ring (bicyclic) bond motifs is 1. The van der Waals surface area contributed by atoms with Crippen LogP contribution in [0.4, 0.5) is 11.4 Å². The van der Waals surface area contributed by atoms with E-state index < -0.39 is 11.0 Å². The molecule has 2 aromatic heterocycles. The first-order chi connectivity index (χ1) is 17.9. The standard InChI is InChI=1S/C25H28N8O4/c1-17-3-4-18-16-21(25(34)26-22(18)15-17)23(24-27-28-29-32(24)13-14-37-2)31-11-9-30(10-12-31)19-5-7-20(8-6-19)33(35)36/h3-8,15-16,23H,9-14H2,1-2H3,(H,26,34)/t23-/m0/s1. The van der Waals surface area contributed by atoms with Gasteiger partial charge in [0.15, 0.2) is 5.82 Å². The molecule has 1 atom stereocenters.